The fraction of sp³-hybridized carbons (Fsp3) is 0.333. The molecule has 3 aliphatic rings. The Morgan fingerprint density at radius 2 is 1.61 bits per heavy atom. The number of nitrogens with zero attached hydrogens (tertiary/aromatic N) is 2. The summed E-state index contributed by atoms with van der Waals surface area (Å²) >= 11 is 0. The van der Waals surface area contributed by atoms with Crippen LogP contribution in [0.25, 0.3) is 0 Å². The van der Waals surface area contributed by atoms with Crippen LogP contribution in [0, 0.1) is 0 Å². The molecule has 0 unspecified atom stereocenters. The number of amides is 2. The zero-order valence-corrected chi connectivity index (χ0v) is 20.9. The number of ether oxygens (including phenoxy) is 2. The Balaban J connectivity index is 1.28. The van der Waals surface area contributed by atoms with Crippen LogP contribution in [0.2, 0.25) is 0 Å². The molecule has 2 amide bonds. The number of β-amino-alcohol motifs (C(OH)–C–C–N with tert-alkyl or cyclic N) is 1. The summed E-state index contributed by atoms with van der Waals surface area (Å²) in [4.78, 5) is 29.5. The van der Waals surface area contributed by atoms with E-state index in [4.69, 9.17) is 9.47 Å². The predicted octanol–water partition coefficient (Wildman–Crippen LogP) is 3.59. The molecule has 3 aromatic rings. The second-order valence-corrected chi connectivity index (χ2v) is 10.1. The van der Waals surface area contributed by atoms with Gasteiger partial charge < -0.3 is 19.7 Å². The fourth-order valence-corrected chi connectivity index (χ4v) is 5.53. The van der Waals surface area contributed by atoms with Crippen LogP contribution >= 0.6 is 0 Å². The lowest BCUT2D eigenvalue weighted by molar-refractivity contribution is -0.252. The number of hydrogen-bond donors (Lipinski definition) is 2. The maximum Gasteiger partial charge on any atom is 0.266 e. The highest BCUT2D eigenvalue weighted by atomic mass is 16.7. The number of carbonyl (C=O) groups is 2. The zero-order valence-electron chi connectivity index (χ0n) is 20.9. The SMILES string of the molecule is O=C1c2ccccc2C(=O)N1c1cccc([C@H]2O[C@@H](CN3CC[C@H](O)C3)C[C@@H](c3ccc(CO)cc3)O2)c1. The monoisotopic (exact) mass is 514 g/mol. The lowest BCUT2D eigenvalue weighted by Gasteiger charge is -2.38. The molecule has 3 aromatic carbocycles. The molecule has 2 fully saturated rings. The van der Waals surface area contributed by atoms with Crippen LogP contribution in [0.3, 0.4) is 0 Å². The Kier molecular flexibility index (Phi) is 6.82. The number of hydrogen-bond acceptors (Lipinski definition) is 7. The van der Waals surface area contributed by atoms with E-state index in [-0.39, 0.29) is 36.7 Å². The number of imide groups is 1. The van der Waals surface area contributed by atoms with Gasteiger partial charge in [-0.05, 0) is 41.8 Å². The van der Waals surface area contributed by atoms with E-state index in [2.05, 4.69) is 4.90 Å². The van der Waals surface area contributed by atoms with Gasteiger partial charge in [-0.2, -0.15) is 0 Å². The topological polar surface area (TPSA) is 99.5 Å². The summed E-state index contributed by atoms with van der Waals surface area (Å²) in [5.74, 6) is -0.693. The van der Waals surface area contributed by atoms with Gasteiger partial charge >= 0.3 is 0 Å². The maximum absolute atomic E-state index is 13.1. The number of aliphatic hydroxyl groups excluding tert-OH is 2. The third-order valence-corrected chi connectivity index (χ3v) is 7.52. The molecule has 4 atom stereocenters. The first-order chi connectivity index (χ1) is 18.5. The molecule has 3 aliphatic heterocycles. The molecular weight excluding hydrogens is 484 g/mol. The number of fused-ring (bicyclic) bond motifs is 1. The fourth-order valence-electron chi connectivity index (χ4n) is 5.53. The van der Waals surface area contributed by atoms with Gasteiger partial charge in [-0.15, -0.1) is 0 Å². The van der Waals surface area contributed by atoms with Crippen molar-refractivity contribution >= 4 is 17.5 Å². The molecule has 0 aromatic heterocycles. The lowest BCUT2D eigenvalue weighted by atomic mass is 9.99. The van der Waals surface area contributed by atoms with E-state index < -0.39 is 6.29 Å². The first-order valence-electron chi connectivity index (χ1n) is 13.0. The molecule has 0 spiro atoms. The van der Waals surface area contributed by atoms with Gasteiger partial charge in [-0.1, -0.05) is 48.5 Å². The van der Waals surface area contributed by atoms with Gasteiger partial charge in [0.05, 0.1) is 41.7 Å². The smallest absolute Gasteiger partial charge is 0.266 e. The van der Waals surface area contributed by atoms with Crippen molar-refractivity contribution in [3.05, 3.63) is 101 Å². The summed E-state index contributed by atoms with van der Waals surface area (Å²) in [6.45, 7) is 2.08. The van der Waals surface area contributed by atoms with Crippen molar-refractivity contribution in [3.8, 4) is 0 Å². The highest BCUT2D eigenvalue weighted by Gasteiger charge is 2.38. The first-order valence-corrected chi connectivity index (χ1v) is 13.0. The van der Waals surface area contributed by atoms with Crippen molar-refractivity contribution in [3.63, 3.8) is 0 Å². The third-order valence-electron chi connectivity index (χ3n) is 7.52. The van der Waals surface area contributed by atoms with Gasteiger partial charge in [0.25, 0.3) is 11.8 Å². The van der Waals surface area contributed by atoms with Gasteiger partial charge in [-0.25, -0.2) is 4.90 Å². The third kappa shape index (κ3) is 4.77. The minimum atomic E-state index is -0.709. The Hall–Kier alpha value is -3.40. The van der Waals surface area contributed by atoms with Crippen molar-refractivity contribution in [2.24, 2.45) is 0 Å². The van der Waals surface area contributed by atoms with Crippen LogP contribution in [-0.2, 0) is 16.1 Å². The molecule has 6 rings (SSSR count). The molecule has 0 aliphatic carbocycles. The molecule has 8 nitrogen and oxygen atoms in total. The molecule has 0 radical (unpaired) electrons. The quantitative estimate of drug-likeness (QED) is 0.485. The van der Waals surface area contributed by atoms with Crippen LogP contribution in [-0.4, -0.2) is 58.8 Å². The van der Waals surface area contributed by atoms with Crippen molar-refractivity contribution in [1.29, 1.82) is 0 Å². The average molecular weight is 515 g/mol. The van der Waals surface area contributed by atoms with Gasteiger partial charge in [0.2, 0.25) is 0 Å². The Labute approximate surface area is 221 Å². The molecule has 0 saturated carbocycles. The van der Waals surface area contributed by atoms with Gasteiger partial charge in [-0.3, -0.25) is 14.5 Å². The zero-order chi connectivity index (χ0) is 26.2. The summed E-state index contributed by atoms with van der Waals surface area (Å²) in [5, 5.41) is 19.4. The summed E-state index contributed by atoms with van der Waals surface area (Å²) in [6, 6.07) is 21.7. The number of rotatable bonds is 6. The van der Waals surface area contributed by atoms with E-state index in [1.165, 1.54) is 4.90 Å². The standard InChI is InChI=1S/C30H30N2O6/c33-18-19-8-10-20(11-9-19)27-15-24(17-31-13-12-23(34)16-31)37-30(38-27)21-4-3-5-22(14-21)32-28(35)25-6-1-2-7-26(25)29(32)36/h1-11,14,23-24,27,30,33-34H,12-13,15-18H2/t23-,24+,27-,30-/m0/s1. The van der Waals surface area contributed by atoms with Crippen LogP contribution in [0.15, 0.2) is 72.8 Å². The summed E-state index contributed by atoms with van der Waals surface area (Å²) in [6.07, 6.45) is -0.0324. The van der Waals surface area contributed by atoms with Crippen molar-refractivity contribution in [2.45, 2.75) is 44.1 Å². The van der Waals surface area contributed by atoms with Crippen LogP contribution in [0.1, 0.15) is 62.6 Å². The van der Waals surface area contributed by atoms with Crippen LogP contribution in [0.4, 0.5) is 5.69 Å². The minimum absolute atomic E-state index is 0.0257. The highest BCUT2D eigenvalue weighted by Crippen LogP contribution is 2.40. The van der Waals surface area contributed by atoms with E-state index in [1.807, 2.05) is 30.3 Å². The Morgan fingerprint density at radius 1 is 0.868 bits per heavy atom. The summed E-state index contributed by atoms with van der Waals surface area (Å²) in [7, 11) is 0. The maximum atomic E-state index is 13.1. The van der Waals surface area contributed by atoms with Gasteiger partial charge in [0.15, 0.2) is 6.29 Å². The highest BCUT2D eigenvalue weighted by molar-refractivity contribution is 6.34. The van der Waals surface area contributed by atoms with E-state index in [0.717, 1.165) is 24.1 Å². The molecule has 0 bridgehead atoms. The Morgan fingerprint density at radius 3 is 2.26 bits per heavy atom. The van der Waals surface area contributed by atoms with Gasteiger partial charge in [0, 0.05) is 31.6 Å². The largest absolute Gasteiger partial charge is 0.392 e. The van der Waals surface area contributed by atoms with E-state index >= 15 is 0 Å². The molecule has 3 heterocycles. The van der Waals surface area contributed by atoms with E-state index in [0.29, 0.717) is 41.9 Å². The van der Waals surface area contributed by atoms with E-state index in [9.17, 15) is 19.8 Å². The molecule has 2 saturated heterocycles. The van der Waals surface area contributed by atoms with Crippen molar-refractivity contribution in [2.75, 3.05) is 24.5 Å². The normalized spacial score (nSPS) is 25.7. The lowest BCUT2D eigenvalue weighted by Crippen LogP contribution is -2.38. The van der Waals surface area contributed by atoms with Crippen LogP contribution in [0.5, 0.6) is 0 Å². The minimum Gasteiger partial charge on any atom is -0.392 e. The molecule has 8 heteroatoms. The van der Waals surface area contributed by atoms with Gasteiger partial charge in [0.1, 0.15) is 0 Å². The first kappa shape index (κ1) is 24.9. The number of aliphatic hydroxyl groups is 2. The number of anilines is 1. The molecule has 38 heavy (non-hydrogen) atoms. The number of carbonyl (C=O) groups excluding carboxylic acids is 2. The van der Waals surface area contributed by atoms with Crippen molar-refractivity contribution in [1.82, 2.24) is 4.90 Å². The summed E-state index contributed by atoms with van der Waals surface area (Å²) < 4.78 is 12.9. The molecule has 2 N–H and O–H groups in total. The average Bonchev–Trinajstić information content (AvgIpc) is 3.47. The second kappa shape index (κ2) is 10.4. The number of likely N-dealkylation sites (tertiary alicyclic amines) is 1. The molecular formula is C30H30N2O6. The summed E-state index contributed by atoms with van der Waals surface area (Å²) in [5.41, 5.74) is 3.78. The van der Waals surface area contributed by atoms with Crippen LogP contribution < -0.4 is 4.90 Å². The van der Waals surface area contributed by atoms with E-state index in [1.54, 1.807) is 42.5 Å². The Bertz CT molecular complexity index is 1310. The number of benzene rings is 3. The van der Waals surface area contributed by atoms with Crippen molar-refractivity contribution < 1.29 is 29.3 Å². The second-order valence-electron chi connectivity index (χ2n) is 10.1. The molecule has 196 valence electrons. The predicted molar refractivity (Wildman–Crippen MR) is 140 cm³/mol.